The lowest BCUT2D eigenvalue weighted by Gasteiger charge is -2.65. The van der Waals surface area contributed by atoms with Gasteiger partial charge < -0.3 is 14.6 Å². The molecule has 0 aromatic carbocycles. The Bertz CT molecular complexity index is 787. The van der Waals surface area contributed by atoms with Gasteiger partial charge in [-0.15, -0.1) is 0 Å². The minimum Gasteiger partial charge on any atom is -0.469 e. The molecule has 4 aliphatic carbocycles. The van der Waals surface area contributed by atoms with Crippen molar-refractivity contribution in [3.05, 3.63) is 0 Å². The smallest absolute Gasteiger partial charge is 0.305 e. The third-order valence-corrected chi connectivity index (χ3v) is 12.9. The molecular weight excluding hydrogens is 496 g/mol. The first-order chi connectivity index (χ1) is 16.0. The maximum atomic E-state index is 11.6. The number of carbonyl (C=O) groups is 2. The number of ether oxygens (including phenoxy) is 2. The van der Waals surface area contributed by atoms with E-state index in [0.29, 0.717) is 47.8 Å². The average molecular weight is 542 g/mol. The Hall–Kier alpha value is -0.620. The van der Waals surface area contributed by atoms with E-state index in [2.05, 4.69) is 36.7 Å². The summed E-state index contributed by atoms with van der Waals surface area (Å²) in [6.45, 7) is 8.80. The first-order valence-corrected chi connectivity index (χ1v) is 14.4. The van der Waals surface area contributed by atoms with Crippen LogP contribution in [0.2, 0.25) is 0 Å². The largest absolute Gasteiger partial charge is 0.469 e. The van der Waals surface area contributed by atoms with E-state index in [1.165, 1.54) is 39.7 Å². The van der Waals surface area contributed by atoms with Crippen molar-refractivity contribution in [2.24, 2.45) is 40.4 Å². The summed E-state index contributed by atoms with van der Waals surface area (Å²) >= 11 is 4.07. The van der Waals surface area contributed by atoms with Gasteiger partial charge in [0.1, 0.15) is 6.10 Å². The number of methoxy groups -OCH3 is 1. The van der Waals surface area contributed by atoms with Crippen LogP contribution in [0.15, 0.2) is 0 Å². The SMILES string of the molecule is COC(=O)CCC[C@@H](C)[C@H]1CC[C@H]2[C@@H]3C[C@@H](O)[C@@]4(Br)C[C@@H](OC(C)=O)CC[C@]4(C)[C@H]3CC[C@]12C. The molecule has 0 radical (unpaired) electrons. The van der Waals surface area contributed by atoms with Crippen LogP contribution in [0.25, 0.3) is 0 Å². The molecule has 34 heavy (non-hydrogen) atoms. The summed E-state index contributed by atoms with van der Waals surface area (Å²) in [5, 5.41) is 11.6. The van der Waals surface area contributed by atoms with Gasteiger partial charge in [-0.2, -0.15) is 0 Å². The van der Waals surface area contributed by atoms with Crippen LogP contribution in [-0.4, -0.2) is 40.7 Å². The zero-order valence-corrected chi connectivity index (χ0v) is 23.4. The highest BCUT2D eigenvalue weighted by Crippen LogP contribution is 2.70. The second-order valence-electron chi connectivity index (χ2n) is 12.6. The number of hydrogen-bond acceptors (Lipinski definition) is 5. The maximum absolute atomic E-state index is 11.6. The van der Waals surface area contributed by atoms with Crippen molar-refractivity contribution in [3.8, 4) is 0 Å². The summed E-state index contributed by atoms with van der Waals surface area (Å²) in [5.41, 5.74) is 0.334. The highest BCUT2D eigenvalue weighted by atomic mass is 79.9. The lowest BCUT2D eigenvalue weighted by molar-refractivity contribution is -0.170. The third-order valence-electron chi connectivity index (χ3n) is 11.1. The lowest BCUT2D eigenvalue weighted by Crippen LogP contribution is -2.66. The molecule has 4 rings (SSSR count). The minimum atomic E-state index is -0.420. The molecule has 0 aromatic heterocycles. The van der Waals surface area contributed by atoms with E-state index in [4.69, 9.17) is 9.47 Å². The zero-order valence-electron chi connectivity index (χ0n) is 21.8. The van der Waals surface area contributed by atoms with E-state index >= 15 is 0 Å². The van der Waals surface area contributed by atoms with Crippen LogP contribution in [0.3, 0.4) is 0 Å². The number of aliphatic hydroxyl groups excluding tert-OH is 1. The maximum Gasteiger partial charge on any atom is 0.305 e. The molecule has 1 N–H and O–H groups in total. The molecule has 0 aromatic rings. The highest BCUT2D eigenvalue weighted by molar-refractivity contribution is 9.10. The van der Waals surface area contributed by atoms with E-state index in [9.17, 15) is 14.7 Å². The van der Waals surface area contributed by atoms with Crippen LogP contribution < -0.4 is 0 Å². The predicted octanol–water partition coefficient (Wildman–Crippen LogP) is 6.04. The van der Waals surface area contributed by atoms with Crippen molar-refractivity contribution in [3.63, 3.8) is 0 Å². The summed E-state index contributed by atoms with van der Waals surface area (Å²) in [5.74, 6) is 2.79. The molecule has 194 valence electrons. The van der Waals surface area contributed by atoms with Crippen molar-refractivity contribution >= 4 is 27.9 Å². The number of alkyl halides is 1. The number of esters is 2. The number of aliphatic hydroxyl groups is 1. The summed E-state index contributed by atoms with van der Waals surface area (Å²) in [4.78, 5) is 23.2. The van der Waals surface area contributed by atoms with Crippen molar-refractivity contribution < 1.29 is 24.2 Å². The van der Waals surface area contributed by atoms with Crippen molar-refractivity contribution in [1.82, 2.24) is 0 Å². The Morgan fingerprint density at radius 1 is 1.12 bits per heavy atom. The molecule has 4 saturated carbocycles. The number of fused-ring (bicyclic) bond motifs is 5. The van der Waals surface area contributed by atoms with Crippen molar-refractivity contribution in [2.75, 3.05) is 7.11 Å². The van der Waals surface area contributed by atoms with Gasteiger partial charge in [-0.3, -0.25) is 9.59 Å². The van der Waals surface area contributed by atoms with Crippen LogP contribution in [-0.2, 0) is 19.1 Å². The Morgan fingerprint density at radius 2 is 1.85 bits per heavy atom. The number of rotatable bonds is 6. The fourth-order valence-corrected chi connectivity index (χ4v) is 10.4. The summed E-state index contributed by atoms with van der Waals surface area (Å²) in [6, 6.07) is 0. The zero-order chi connectivity index (χ0) is 24.9. The topological polar surface area (TPSA) is 72.8 Å². The standard InChI is InChI=1S/C28H45BrO5/c1-17(7-6-8-25(32)33-5)21-9-10-22-20-15-24(31)28(29)16-19(34-18(2)30)11-14-27(28,4)23(20)12-13-26(21,22)3/h17,19-24,31H,6-16H2,1-5H3/t17-,19+,20+,21-,22+,23+,24-,26-,27-,28+/m1/s1. The molecule has 0 heterocycles. The number of halogens is 1. The van der Waals surface area contributed by atoms with E-state index in [1.54, 1.807) is 0 Å². The Morgan fingerprint density at radius 3 is 2.53 bits per heavy atom. The molecule has 0 bridgehead atoms. The molecule has 0 unspecified atom stereocenters. The van der Waals surface area contributed by atoms with Crippen LogP contribution in [0.4, 0.5) is 0 Å². The Labute approximate surface area is 214 Å². The fraction of sp³-hybridized carbons (Fsp3) is 0.929. The van der Waals surface area contributed by atoms with Gasteiger partial charge in [-0.05, 0) is 98.2 Å². The monoisotopic (exact) mass is 540 g/mol. The minimum absolute atomic E-state index is 0.0114. The Kier molecular flexibility index (Phi) is 7.53. The molecule has 0 aliphatic heterocycles. The molecule has 0 amide bonds. The molecule has 10 atom stereocenters. The van der Waals surface area contributed by atoms with Crippen LogP contribution in [0, 0.1) is 40.4 Å². The van der Waals surface area contributed by atoms with E-state index in [-0.39, 0.29) is 27.8 Å². The quantitative estimate of drug-likeness (QED) is 0.328. The molecule has 0 saturated heterocycles. The lowest BCUT2D eigenvalue weighted by atomic mass is 9.43. The third kappa shape index (κ3) is 4.27. The fourth-order valence-electron chi connectivity index (χ4n) is 9.38. The summed E-state index contributed by atoms with van der Waals surface area (Å²) < 4.78 is 10.1. The van der Waals surface area contributed by atoms with Gasteiger partial charge >= 0.3 is 11.9 Å². The highest BCUT2D eigenvalue weighted by Gasteiger charge is 2.67. The second kappa shape index (κ2) is 9.68. The summed E-state index contributed by atoms with van der Waals surface area (Å²) in [6.07, 6.45) is 10.4. The van der Waals surface area contributed by atoms with Gasteiger partial charge in [0.15, 0.2) is 0 Å². The summed E-state index contributed by atoms with van der Waals surface area (Å²) in [7, 11) is 1.47. The molecule has 4 aliphatic rings. The van der Waals surface area contributed by atoms with E-state index in [1.807, 2.05) is 0 Å². The van der Waals surface area contributed by atoms with Crippen molar-refractivity contribution in [2.45, 2.75) is 115 Å². The van der Waals surface area contributed by atoms with Gasteiger partial charge in [0, 0.05) is 19.8 Å². The van der Waals surface area contributed by atoms with Gasteiger partial charge in [-0.1, -0.05) is 36.7 Å². The Balaban J connectivity index is 1.49. The van der Waals surface area contributed by atoms with Crippen LogP contribution >= 0.6 is 15.9 Å². The average Bonchev–Trinajstić information content (AvgIpc) is 3.12. The first-order valence-electron chi connectivity index (χ1n) is 13.6. The van der Waals surface area contributed by atoms with Crippen LogP contribution in [0.5, 0.6) is 0 Å². The second-order valence-corrected chi connectivity index (χ2v) is 14.0. The molecule has 0 spiro atoms. The van der Waals surface area contributed by atoms with Crippen LogP contribution in [0.1, 0.15) is 98.3 Å². The molecule has 5 nitrogen and oxygen atoms in total. The number of carbonyl (C=O) groups excluding carboxylic acids is 2. The van der Waals surface area contributed by atoms with Gasteiger partial charge in [-0.25, -0.2) is 0 Å². The first kappa shape index (κ1) is 26.4. The van der Waals surface area contributed by atoms with Crippen molar-refractivity contribution in [1.29, 1.82) is 0 Å². The molecule has 4 fully saturated rings. The van der Waals surface area contributed by atoms with Gasteiger partial charge in [0.25, 0.3) is 0 Å². The normalized spacial score (nSPS) is 46.6. The number of hydrogen-bond donors (Lipinski definition) is 1. The van der Waals surface area contributed by atoms with E-state index in [0.717, 1.165) is 32.1 Å². The molecular formula is C28H45BrO5. The van der Waals surface area contributed by atoms with Gasteiger partial charge in [0.2, 0.25) is 0 Å². The molecule has 6 heteroatoms. The van der Waals surface area contributed by atoms with Gasteiger partial charge in [0.05, 0.1) is 17.5 Å². The van der Waals surface area contributed by atoms with E-state index < -0.39 is 6.10 Å². The predicted molar refractivity (Wildman–Crippen MR) is 135 cm³/mol.